The van der Waals surface area contributed by atoms with E-state index in [0.29, 0.717) is 16.5 Å². The molecule has 1 N–H and O–H groups in total. The predicted molar refractivity (Wildman–Crippen MR) is 116 cm³/mol. The highest BCUT2D eigenvalue weighted by Crippen LogP contribution is 2.25. The summed E-state index contributed by atoms with van der Waals surface area (Å²) in [5.74, 6) is 0.270. The second-order valence-corrected chi connectivity index (χ2v) is 8.82. The highest BCUT2D eigenvalue weighted by atomic mass is 32.2. The van der Waals surface area contributed by atoms with Crippen LogP contribution >= 0.6 is 11.8 Å². The number of nitriles is 1. The topological polar surface area (TPSA) is 117 Å². The Bertz CT molecular complexity index is 1210. The van der Waals surface area contributed by atoms with E-state index in [-0.39, 0.29) is 16.3 Å². The van der Waals surface area contributed by atoms with Crippen molar-refractivity contribution in [3.8, 4) is 6.07 Å². The van der Waals surface area contributed by atoms with Gasteiger partial charge in [-0.1, -0.05) is 30.0 Å². The summed E-state index contributed by atoms with van der Waals surface area (Å²) in [4.78, 5) is 10.7. The second kappa shape index (κ2) is 8.98. The summed E-state index contributed by atoms with van der Waals surface area (Å²) < 4.78 is 26.3. The fourth-order valence-corrected chi connectivity index (χ4v) is 3.94. The van der Waals surface area contributed by atoms with Crippen molar-refractivity contribution < 1.29 is 8.42 Å². The van der Waals surface area contributed by atoms with Crippen LogP contribution in [0.15, 0.2) is 59.0 Å². The van der Waals surface area contributed by atoms with Gasteiger partial charge in [-0.15, -0.1) is 0 Å². The normalized spacial score (nSPS) is 11.4. The lowest BCUT2D eigenvalue weighted by Crippen LogP contribution is -2.13. The van der Waals surface area contributed by atoms with E-state index in [1.807, 2.05) is 25.3 Å². The summed E-state index contributed by atoms with van der Waals surface area (Å²) in [6, 6.07) is 10.1. The van der Waals surface area contributed by atoms with Crippen LogP contribution in [0.1, 0.15) is 11.3 Å². The average molecular weight is 442 g/mol. The van der Waals surface area contributed by atoms with Crippen molar-refractivity contribution in [1.82, 2.24) is 24.1 Å². The zero-order valence-corrected chi connectivity index (χ0v) is 18.1. The molecule has 0 saturated carbocycles. The summed E-state index contributed by atoms with van der Waals surface area (Å²) in [6.07, 6.45) is 8.02. The van der Waals surface area contributed by atoms with E-state index in [9.17, 15) is 13.7 Å². The molecule has 11 heteroatoms. The zero-order valence-electron chi connectivity index (χ0n) is 16.5. The van der Waals surface area contributed by atoms with Crippen LogP contribution in [0.2, 0.25) is 0 Å². The predicted octanol–water partition coefficient (Wildman–Crippen LogP) is 2.78. The third-order valence-corrected chi connectivity index (χ3v) is 5.96. The second-order valence-electron chi connectivity index (χ2n) is 6.25. The molecule has 0 fully saturated rings. The Kier molecular flexibility index (Phi) is 6.39. The van der Waals surface area contributed by atoms with Crippen molar-refractivity contribution in [3.63, 3.8) is 0 Å². The van der Waals surface area contributed by atoms with E-state index in [2.05, 4.69) is 26.5 Å². The quantitative estimate of drug-likeness (QED) is 0.436. The Hall–Kier alpha value is -3.36. The Morgan fingerprint density at radius 3 is 2.60 bits per heavy atom. The summed E-state index contributed by atoms with van der Waals surface area (Å²) in [5.41, 5.74) is 1.07. The van der Waals surface area contributed by atoms with E-state index in [0.717, 1.165) is 4.09 Å². The van der Waals surface area contributed by atoms with Gasteiger partial charge in [-0.05, 0) is 24.5 Å². The minimum absolute atomic E-state index is 0.125. The summed E-state index contributed by atoms with van der Waals surface area (Å²) in [7, 11) is -0.0961. The number of anilines is 2. The Labute approximate surface area is 179 Å². The van der Waals surface area contributed by atoms with Gasteiger partial charge >= 0.3 is 0 Å². The Morgan fingerprint density at radius 1 is 1.23 bits per heavy atom. The molecule has 0 aliphatic heterocycles. The Morgan fingerprint density at radius 2 is 1.97 bits per heavy atom. The standard InChI is InChI=1S/C19H19N7O2S2/c1-25(2)10-9-17-16(11-20)18(24-19(23-17)29-3)22-14-12-21-26(13-14)30(27,28)15-7-5-4-6-8-15/h4-10,12-13H,1-3H3,(H,22,23,24)/b10-9+. The minimum atomic E-state index is -3.82. The SMILES string of the molecule is CSc1nc(/C=C/N(C)C)c(C#N)c(Nc2cnn(S(=O)(=O)c3ccccc3)c2)n1. The van der Waals surface area contributed by atoms with Gasteiger partial charge in [-0.25, -0.2) is 9.97 Å². The number of aromatic nitrogens is 4. The van der Waals surface area contributed by atoms with Crippen LogP contribution in [-0.2, 0) is 10.0 Å². The van der Waals surface area contributed by atoms with Crippen LogP contribution in [0.3, 0.4) is 0 Å². The van der Waals surface area contributed by atoms with Crippen molar-refractivity contribution in [1.29, 1.82) is 5.26 Å². The molecule has 30 heavy (non-hydrogen) atoms. The van der Waals surface area contributed by atoms with Gasteiger partial charge < -0.3 is 10.2 Å². The van der Waals surface area contributed by atoms with Crippen molar-refractivity contribution >= 4 is 39.4 Å². The zero-order chi connectivity index (χ0) is 21.7. The lowest BCUT2D eigenvalue weighted by Gasteiger charge is -2.10. The van der Waals surface area contributed by atoms with Crippen molar-refractivity contribution in [2.75, 3.05) is 25.7 Å². The summed E-state index contributed by atoms with van der Waals surface area (Å²) >= 11 is 1.33. The molecule has 0 spiro atoms. The first-order valence-electron chi connectivity index (χ1n) is 8.68. The Balaban J connectivity index is 1.98. The molecule has 0 unspecified atom stereocenters. The van der Waals surface area contributed by atoms with Gasteiger partial charge in [0.25, 0.3) is 10.0 Å². The number of nitrogens with one attached hydrogen (secondary N) is 1. The van der Waals surface area contributed by atoms with Crippen molar-refractivity contribution in [2.24, 2.45) is 0 Å². The fourth-order valence-electron chi connectivity index (χ4n) is 2.43. The molecule has 154 valence electrons. The van der Waals surface area contributed by atoms with Gasteiger partial charge in [0.1, 0.15) is 11.6 Å². The fraction of sp³-hybridized carbons (Fsp3) is 0.158. The van der Waals surface area contributed by atoms with E-state index in [1.165, 1.54) is 36.3 Å². The van der Waals surface area contributed by atoms with Gasteiger partial charge in [0.15, 0.2) is 11.0 Å². The molecule has 1 aromatic carbocycles. The van der Waals surface area contributed by atoms with Gasteiger partial charge in [0, 0.05) is 20.3 Å². The van der Waals surface area contributed by atoms with Gasteiger partial charge in [-0.2, -0.15) is 22.9 Å². The minimum Gasteiger partial charge on any atom is -0.383 e. The maximum absolute atomic E-state index is 12.7. The molecule has 0 radical (unpaired) electrons. The summed E-state index contributed by atoms with van der Waals surface area (Å²) in [6.45, 7) is 0. The molecule has 0 bridgehead atoms. The van der Waals surface area contributed by atoms with Gasteiger partial charge in [0.2, 0.25) is 0 Å². The molecule has 3 rings (SSSR count). The number of nitrogens with zero attached hydrogens (tertiary/aromatic N) is 6. The lowest BCUT2D eigenvalue weighted by atomic mass is 10.2. The average Bonchev–Trinajstić information content (AvgIpc) is 3.22. The van der Waals surface area contributed by atoms with E-state index >= 15 is 0 Å². The maximum Gasteiger partial charge on any atom is 0.283 e. The van der Waals surface area contributed by atoms with E-state index in [1.54, 1.807) is 30.5 Å². The first kappa shape index (κ1) is 21.4. The molecule has 0 amide bonds. The summed E-state index contributed by atoms with van der Waals surface area (Å²) in [5, 5.41) is 17.1. The van der Waals surface area contributed by atoms with Crippen LogP contribution in [-0.4, -0.2) is 52.8 Å². The van der Waals surface area contributed by atoms with Gasteiger partial charge in [0.05, 0.1) is 28.7 Å². The molecule has 0 aliphatic rings. The molecule has 0 aliphatic carbocycles. The number of thioether (sulfide) groups is 1. The van der Waals surface area contributed by atoms with Crippen LogP contribution in [0, 0.1) is 11.3 Å². The lowest BCUT2D eigenvalue weighted by molar-refractivity contribution is 0.567. The molecule has 2 heterocycles. The number of rotatable bonds is 7. The first-order valence-corrected chi connectivity index (χ1v) is 11.3. The number of hydrogen-bond acceptors (Lipinski definition) is 9. The molecule has 0 atom stereocenters. The van der Waals surface area contributed by atoms with Crippen LogP contribution < -0.4 is 5.32 Å². The molecule has 9 nitrogen and oxygen atoms in total. The maximum atomic E-state index is 12.7. The van der Waals surface area contributed by atoms with Gasteiger partial charge in [-0.3, -0.25) is 0 Å². The van der Waals surface area contributed by atoms with E-state index < -0.39 is 10.0 Å². The molecule has 0 saturated heterocycles. The molecule has 2 aromatic heterocycles. The molecule has 3 aromatic rings. The largest absolute Gasteiger partial charge is 0.383 e. The van der Waals surface area contributed by atoms with Crippen LogP contribution in [0.25, 0.3) is 6.08 Å². The van der Waals surface area contributed by atoms with Crippen molar-refractivity contribution in [3.05, 3.63) is 60.2 Å². The molecular weight excluding hydrogens is 422 g/mol. The third-order valence-electron chi connectivity index (χ3n) is 3.85. The first-order chi connectivity index (χ1) is 14.3. The molecular formula is C19H19N7O2S2. The highest BCUT2D eigenvalue weighted by molar-refractivity contribution is 7.98. The van der Waals surface area contributed by atoms with Crippen molar-refractivity contribution in [2.45, 2.75) is 10.1 Å². The van der Waals surface area contributed by atoms with Crippen LogP contribution in [0.4, 0.5) is 11.5 Å². The monoisotopic (exact) mass is 441 g/mol. The number of hydrogen-bond donors (Lipinski definition) is 1. The smallest absolute Gasteiger partial charge is 0.283 e. The number of benzene rings is 1. The van der Waals surface area contributed by atoms with E-state index in [4.69, 9.17) is 0 Å². The van der Waals surface area contributed by atoms with Crippen LogP contribution in [0.5, 0.6) is 0 Å². The highest BCUT2D eigenvalue weighted by Gasteiger charge is 2.19. The third kappa shape index (κ3) is 4.61.